The van der Waals surface area contributed by atoms with E-state index in [1.54, 1.807) is 6.07 Å². The fourth-order valence-electron chi connectivity index (χ4n) is 5.48. The van der Waals surface area contributed by atoms with E-state index in [2.05, 4.69) is 16.3 Å². The molecular formula is C30H33F2N3O. The van der Waals surface area contributed by atoms with Gasteiger partial charge < -0.3 is 0 Å². The number of nitrogens with zero attached hydrogens (tertiary/aromatic N) is 2. The van der Waals surface area contributed by atoms with Crippen LogP contribution in [0.2, 0.25) is 0 Å². The second-order valence-corrected chi connectivity index (χ2v) is 10.1. The minimum Gasteiger partial charge on any atom is -0.294 e. The standard InChI is InChI=1S/C30H33F2N3O/c1-20(22-11-12-25(31)26(32)17-22)15-30(33-18-29(36)21-7-3-2-4-8-21)35-14-13-28-24(19-35)16-23-9-5-6-10-27(23)34-28/h2-4,7-8,11-12,16-17,20,30,33H,5-6,9-10,13-15,18-19H2,1H3. The van der Waals surface area contributed by atoms with Crippen LogP contribution in [0.1, 0.15) is 70.5 Å². The molecule has 2 aromatic carbocycles. The van der Waals surface area contributed by atoms with Crippen LogP contribution >= 0.6 is 0 Å². The number of hydrogen-bond donors (Lipinski definition) is 1. The molecule has 1 N–H and O–H groups in total. The summed E-state index contributed by atoms with van der Waals surface area (Å²) in [6, 6.07) is 15.8. The van der Waals surface area contributed by atoms with E-state index in [0.29, 0.717) is 12.0 Å². The highest BCUT2D eigenvalue weighted by atomic mass is 19.2. The summed E-state index contributed by atoms with van der Waals surface area (Å²) >= 11 is 0. The molecule has 1 aliphatic heterocycles. The van der Waals surface area contributed by atoms with Gasteiger partial charge >= 0.3 is 0 Å². The van der Waals surface area contributed by atoms with Crippen LogP contribution in [0.25, 0.3) is 0 Å². The lowest BCUT2D eigenvalue weighted by Crippen LogP contribution is -2.50. The predicted molar refractivity (Wildman–Crippen MR) is 137 cm³/mol. The van der Waals surface area contributed by atoms with Gasteiger partial charge in [-0.15, -0.1) is 0 Å². The highest BCUT2D eigenvalue weighted by Crippen LogP contribution is 2.29. The average Bonchev–Trinajstić information content (AvgIpc) is 2.91. The summed E-state index contributed by atoms with van der Waals surface area (Å²) in [5, 5.41) is 3.50. The van der Waals surface area contributed by atoms with Gasteiger partial charge in [0.25, 0.3) is 0 Å². The van der Waals surface area contributed by atoms with Crippen molar-refractivity contribution in [1.82, 2.24) is 15.2 Å². The van der Waals surface area contributed by atoms with Crippen LogP contribution in [0.5, 0.6) is 0 Å². The average molecular weight is 490 g/mol. The fourth-order valence-corrected chi connectivity index (χ4v) is 5.48. The molecule has 188 valence electrons. The van der Waals surface area contributed by atoms with Crippen molar-refractivity contribution in [2.75, 3.05) is 13.1 Å². The number of halogens is 2. The van der Waals surface area contributed by atoms with Crippen molar-refractivity contribution in [3.05, 3.63) is 99.9 Å². The van der Waals surface area contributed by atoms with E-state index in [1.807, 2.05) is 37.3 Å². The molecule has 3 aromatic rings. The van der Waals surface area contributed by atoms with Crippen molar-refractivity contribution in [1.29, 1.82) is 0 Å². The Morgan fingerprint density at radius 3 is 2.56 bits per heavy atom. The summed E-state index contributed by atoms with van der Waals surface area (Å²) < 4.78 is 27.4. The maximum atomic E-state index is 13.9. The Kier molecular flexibility index (Phi) is 7.54. The zero-order chi connectivity index (χ0) is 25.1. The lowest BCUT2D eigenvalue weighted by atomic mass is 9.91. The van der Waals surface area contributed by atoms with Gasteiger partial charge in [0.05, 0.1) is 12.7 Å². The van der Waals surface area contributed by atoms with Crippen molar-refractivity contribution in [3.8, 4) is 0 Å². The van der Waals surface area contributed by atoms with Crippen LogP contribution in [0.3, 0.4) is 0 Å². The van der Waals surface area contributed by atoms with Gasteiger partial charge in [0, 0.05) is 36.5 Å². The van der Waals surface area contributed by atoms with E-state index in [0.717, 1.165) is 37.9 Å². The summed E-state index contributed by atoms with van der Waals surface area (Å²) in [5.41, 5.74) is 6.54. The second-order valence-electron chi connectivity index (χ2n) is 10.1. The highest BCUT2D eigenvalue weighted by molar-refractivity contribution is 5.97. The second kappa shape index (κ2) is 11.0. The van der Waals surface area contributed by atoms with E-state index < -0.39 is 11.6 Å². The van der Waals surface area contributed by atoms with E-state index in [1.165, 1.54) is 47.5 Å². The summed E-state index contributed by atoms with van der Waals surface area (Å²) in [5.74, 6) is -1.65. The van der Waals surface area contributed by atoms with Crippen molar-refractivity contribution in [2.24, 2.45) is 0 Å². The predicted octanol–water partition coefficient (Wildman–Crippen LogP) is 5.59. The number of nitrogens with one attached hydrogen (secondary N) is 1. The molecular weight excluding hydrogens is 456 g/mol. The molecule has 0 saturated heterocycles. The third kappa shape index (κ3) is 5.55. The Hall–Kier alpha value is -2.96. The molecule has 36 heavy (non-hydrogen) atoms. The molecule has 1 aromatic heterocycles. The highest BCUT2D eigenvalue weighted by Gasteiger charge is 2.28. The van der Waals surface area contributed by atoms with Crippen molar-refractivity contribution in [2.45, 2.75) is 64.1 Å². The molecule has 0 amide bonds. The first-order chi connectivity index (χ1) is 17.5. The summed E-state index contributed by atoms with van der Waals surface area (Å²) in [6.07, 6.45) is 6.04. The topological polar surface area (TPSA) is 45.2 Å². The lowest BCUT2D eigenvalue weighted by Gasteiger charge is -2.37. The molecule has 2 heterocycles. The van der Waals surface area contributed by atoms with Crippen molar-refractivity contribution >= 4 is 5.78 Å². The maximum Gasteiger partial charge on any atom is 0.176 e. The number of aromatic nitrogens is 1. The van der Waals surface area contributed by atoms with Crippen molar-refractivity contribution in [3.63, 3.8) is 0 Å². The maximum absolute atomic E-state index is 13.9. The molecule has 5 rings (SSSR count). The number of carbonyl (C=O) groups is 1. The molecule has 4 nitrogen and oxygen atoms in total. The van der Waals surface area contributed by atoms with Gasteiger partial charge in [0.2, 0.25) is 0 Å². The molecule has 0 bridgehead atoms. The smallest absolute Gasteiger partial charge is 0.176 e. The number of Topliss-reactive ketones (excluding diaryl/α,β-unsaturated/α-hetero) is 1. The normalized spacial score (nSPS) is 17.2. The largest absolute Gasteiger partial charge is 0.294 e. The molecule has 2 unspecified atom stereocenters. The Morgan fingerprint density at radius 2 is 1.75 bits per heavy atom. The van der Waals surface area contributed by atoms with E-state index in [-0.39, 0.29) is 24.4 Å². The third-order valence-electron chi connectivity index (χ3n) is 7.60. The number of benzene rings is 2. The first-order valence-corrected chi connectivity index (χ1v) is 13.0. The first-order valence-electron chi connectivity index (χ1n) is 13.0. The fraction of sp³-hybridized carbons (Fsp3) is 0.400. The minimum atomic E-state index is -0.836. The van der Waals surface area contributed by atoms with Crippen LogP contribution in [-0.4, -0.2) is 34.9 Å². The first kappa shape index (κ1) is 24.7. The molecule has 0 spiro atoms. The number of carbonyl (C=O) groups excluding carboxylic acids is 1. The number of ketones is 1. The van der Waals surface area contributed by atoms with Crippen LogP contribution in [0, 0.1) is 11.6 Å². The third-order valence-corrected chi connectivity index (χ3v) is 7.60. The molecule has 6 heteroatoms. The lowest BCUT2D eigenvalue weighted by molar-refractivity contribution is 0.0935. The molecule has 0 fully saturated rings. The molecule has 2 aliphatic rings. The molecule has 0 saturated carbocycles. The zero-order valence-corrected chi connectivity index (χ0v) is 20.8. The van der Waals surface area contributed by atoms with Crippen LogP contribution < -0.4 is 5.32 Å². The summed E-state index contributed by atoms with van der Waals surface area (Å²) in [7, 11) is 0. The van der Waals surface area contributed by atoms with Gasteiger partial charge in [0.15, 0.2) is 17.4 Å². The molecule has 2 atom stereocenters. The monoisotopic (exact) mass is 489 g/mol. The van der Waals surface area contributed by atoms with Gasteiger partial charge in [0.1, 0.15) is 0 Å². The van der Waals surface area contributed by atoms with Gasteiger partial charge in [-0.1, -0.05) is 49.4 Å². The van der Waals surface area contributed by atoms with E-state index in [4.69, 9.17) is 4.98 Å². The minimum absolute atomic E-state index is 0.0208. The zero-order valence-electron chi connectivity index (χ0n) is 20.8. The van der Waals surface area contributed by atoms with Gasteiger partial charge in [-0.3, -0.25) is 20.0 Å². The van der Waals surface area contributed by atoms with Gasteiger partial charge in [-0.2, -0.15) is 0 Å². The number of aryl methyl sites for hydroxylation is 2. The van der Waals surface area contributed by atoms with Gasteiger partial charge in [-0.05, 0) is 66.8 Å². The number of fused-ring (bicyclic) bond motifs is 2. The number of hydrogen-bond acceptors (Lipinski definition) is 4. The van der Waals surface area contributed by atoms with Crippen molar-refractivity contribution < 1.29 is 13.6 Å². The summed E-state index contributed by atoms with van der Waals surface area (Å²) in [6.45, 7) is 3.83. The quantitative estimate of drug-likeness (QED) is 0.419. The van der Waals surface area contributed by atoms with Crippen LogP contribution in [-0.2, 0) is 25.8 Å². The van der Waals surface area contributed by atoms with Crippen LogP contribution in [0.4, 0.5) is 8.78 Å². The van der Waals surface area contributed by atoms with Crippen LogP contribution in [0.15, 0.2) is 54.6 Å². The van der Waals surface area contributed by atoms with E-state index in [9.17, 15) is 13.6 Å². The molecule has 0 radical (unpaired) electrons. The number of rotatable bonds is 8. The SMILES string of the molecule is CC(CC(NCC(=O)c1ccccc1)N1CCc2nc3c(cc2C1)CCCC3)c1ccc(F)c(F)c1. The Labute approximate surface area is 211 Å². The van der Waals surface area contributed by atoms with E-state index >= 15 is 0 Å². The Bertz CT molecular complexity index is 1230. The van der Waals surface area contributed by atoms with Gasteiger partial charge in [-0.25, -0.2) is 8.78 Å². The Morgan fingerprint density at radius 1 is 0.972 bits per heavy atom. The number of pyridine rings is 1. The molecule has 1 aliphatic carbocycles. The summed E-state index contributed by atoms with van der Waals surface area (Å²) in [4.78, 5) is 20.2. The Balaban J connectivity index is 1.35.